The van der Waals surface area contributed by atoms with Crippen molar-refractivity contribution >= 4 is 17.7 Å². The molecule has 2 aromatic carbocycles. The fourth-order valence-corrected chi connectivity index (χ4v) is 5.03. The van der Waals surface area contributed by atoms with Gasteiger partial charge in [0.1, 0.15) is 23.7 Å². The quantitative estimate of drug-likeness (QED) is 0.0887. The number of H-pyrrole nitrogens is 1. The standard InChI is InChI=1S/C28H35N7O6S/c1-4-7-23-29-25(28(2,3)37)24(27(36)40-14-16-42-17-15-41-35(38)39)34(23)18-19-10-12-20(13-11-19)21-8-5-6-9-22(21)26-30-32-33-31-26/h5-6,8-13,37-39H,4,7,14-18H2,1-3H3,(H,30,31,32,33). The minimum atomic E-state index is -1.36. The third-order valence-corrected chi connectivity index (χ3v) is 7.22. The molecule has 224 valence electrons. The van der Waals surface area contributed by atoms with Gasteiger partial charge < -0.3 is 14.4 Å². The fourth-order valence-electron chi connectivity index (χ4n) is 4.44. The summed E-state index contributed by atoms with van der Waals surface area (Å²) in [5, 5.41) is 42.1. The summed E-state index contributed by atoms with van der Waals surface area (Å²) in [5.41, 5.74) is 2.87. The minimum Gasteiger partial charge on any atom is -0.460 e. The molecule has 4 rings (SSSR count). The van der Waals surface area contributed by atoms with E-state index in [0.29, 0.717) is 36.1 Å². The van der Waals surface area contributed by atoms with E-state index in [-0.39, 0.29) is 30.0 Å². The van der Waals surface area contributed by atoms with Crippen LogP contribution in [0.4, 0.5) is 0 Å². The smallest absolute Gasteiger partial charge is 0.357 e. The lowest BCUT2D eigenvalue weighted by atomic mass is 9.98. The van der Waals surface area contributed by atoms with Crippen molar-refractivity contribution < 1.29 is 29.9 Å². The van der Waals surface area contributed by atoms with Crippen molar-refractivity contribution in [1.29, 1.82) is 0 Å². The molecule has 14 heteroatoms. The summed E-state index contributed by atoms with van der Waals surface area (Å²) in [7, 11) is 0. The number of hydrogen-bond acceptors (Lipinski definition) is 12. The van der Waals surface area contributed by atoms with E-state index in [9.17, 15) is 9.90 Å². The number of aromatic nitrogens is 6. The van der Waals surface area contributed by atoms with Gasteiger partial charge in [0.15, 0.2) is 5.69 Å². The van der Waals surface area contributed by atoms with E-state index in [1.807, 2.05) is 60.0 Å². The van der Waals surface area contributed by atoms with Crippen LogP contribution in [-0.2, 0) is 28.1 Å². The maximum atomic E-state index is 13.4. The number of esters is 1. The summed E-state index contributed by atoms with van der Waals surface area (Å²) in [6, 6.07) is 15.8. The van der Waals surface area contributed by atoms with Crippen molar-refractivity contribution in [1.82, 2.24) is 35.6 Å². The number of hydrogen-bond donors (Lipinski definition) is 4. The van der Waals surface area contributed by atoms with E-state index in [0.717, 1.165) is 28.7 Å². The Balaban J connectivity index is 1.56. The Hall–Kier alpha value is -3.66. The molecule has 13 nitrogen and oxygen atoms in total. The number of aromatic amines is 1. The number of carbonyl (C=O) groups is 1. The number of rotatable bonds is 15. The Bertz CT molecular complexity index is 1440. The van der Waals surface area contributed by atoms with E-state index < -0.39 is 11.6 Å². The molecular weight excluding hydrogens is 562 g/mol. The van der Waals surface area contributed by atoms with Gasteiger partial charge in [-0.15, -0.1) is 10.2 Å². The van der Waals surface area contributed by atoms with E-state index in [1.165, 1.54) is 11.8 Å². The molecule has 0 radical (unpaired) electrons. The first-order chi connectivity index (χ1) is 20.2. The highest BCUT2D eigenvalue weighted by Gasteiger charge is 2.32. The Morgan fingerprint density at radius 1 is 1.07 bits per heavy atom. The van der Waals surface area contributed by atoms with Gasteiger partial charge in [-0.3, -0.25) is 10.4 Å². The van der Waals surface area contributed by atoms with Crippen LogP contribution in [0.2, 0.25) is 0 Å². The number of tetrazole rings is 1. The number of thioether (sulfide) groups is 1. The number of nitrogens with one attached hydrogen (secondary N) is 1. The van der Waals surface area contributed by atoms with Crippen LogP contribution in [0, 0.1) is 0 Å². The van der Waals surface area contributed by atoms with Crippen molar-refractivity contribution in [3.63, 3.8) is 0 Å². The number of ether oxygens (including phenoxy) is 1. The second kappa shape index (κ2) is 14.5. The van der Waals surface area contributed by atoms with E-state index in [4.69, 9.17) is 20.1 Å². The second-order valence-electron chi connectivity index (χ2n) is 9.93. The zero-order valence-corrected chi connectivity index (χ0v) is 24.5. The molecule has 0 bridgehead atoms. The van der Waals surface area contributed by atoms with Crippen LogP contribution >= 0.6 is 11.8 Å². The molecule has 0 atom stereocenters. The highest BCUT2D eigenvalue weighted by Crippen LogP contribution is 2.31. The van der Waals surface area contributed by atoms with Crippen LogP contribution in [0.15, 0.2) is 48.5 Å². The van der Waals surface area contributed by atoms with Gasteiger partial charge in [0, 0.05) is 30.0 Å². The third-order valence-electron chi connectivity index (χ3n) is 6.31. The molecule has 0 saturated carbocycles. The van der Waals surface area contributed by atoms with Crippen LogP contribution in [-0.4, -0.2) is 81.8 Å². The van der Waals surface area contributed by atoms with E-state index >= 15 is 0 Å². The lowest BCUT2D eigenvalue weighted by Gasteiger charge is -2.18. The first kappa shape index (κ1) is 31.3. The molecule has 0 spiro atoms. The Morgan fingerprint density at radius 3 is 2.43 bits per heavy atom. The maximum Gasteiger partial charge on any atom is 0.357 e. The van der Waals surface area contributed by atoms with Gasteiger partial charge in [0.2, 0.25) is 5.82 Å². The predicted molar refractivity (Wildman–Crippen MR) is 155 cm³/mol. The lowest BCUT2D eigenvalue weighted by molar-refractivity contribution is -0.490. The molecular formula is C28H35N7O6S. The van der Waals surface area contributed by atoms with Crippen LogP contribution in [0.25, 0.3) is 22.5 Å². The summed E-state index contributed by atoms with van der Waals surface area (Å²) < 4.78 is 7.42. The SMILES string of the molecule is CCCc1nc(C(C)(C)O)c(C(=O)OCCSCCON(O)O)n1Cc1ccc(-c2ccccc2-c2nn[nH]n2)cc1. The van der Waals surface area contributed by atoms with Crippen LogP contribution < -0.4 is 0 Å². The predicted octanol–water partition coefficient (Wildman–Crippen LogP) is 3.86. The third kappa shape index (κ3) is 8.00. The van der Waals surface area contributed by atoms with Crippen molar-refractivity contribution in [3.8, 4) is 22.5 Å². The van der Waals surface area contributed by atoms with Crippen molar-refractivity contribution in [3.05, 3.63) is 71.3 Å². The largest absolute Gasteiger partial charge is 0.460 e. The lowest BCUT2D eigenvalue weighted by Crippen LogP contribution is -2.24. The molecule has 2 heterocycles. The van der Waals surface area contributed by atoms with Crippen molar-refractivity contribution in [2.75, 3.05) is 24.7 Å². The second-order valence-corrected chi connectivity index (χ2v) is 11.2. The Labute approximate surface area is 247 Å². The maximum absolute atomic E-state index is 13.4. The zero-order chi connectivity index (χ0) is 30.1. The molecule has 0 aliphatic rings. The zero-order valence-electron chi connectivity index (χ0n) is 23.7. The van der Waals surface area contributed by atoms with Crippen molar-refractivity contribution in [2.45, 2.75) is 45.8 Å². The van der Waals surface area contributed by atoms with Gasteiger partial charge in [0.25, 0.3) is 0 Å². The molecule has 0 aliphatic heterocycles. The monoisotopic (exact) mass is 597 g/mol. The van der Waals surface area contributed by atoms with Crippen LogP contribution in [0.3, 0.4) is 0 Å². The molecule has 0 fully saturated rings. The molecule has 4 aromatic rings. The summed E-state index contributed by atoms with van der Waals surface area (Å²) in [4.78, 5) is 22.6. The van der Waals surface area contributed by atoms with Gasteiger partial charge >= 0.3 is 5.97 Å². The van der Waals surface area contributed by atoms with Gasteiger partial charge in [-0.25, -0.2) is 14.6 Å². The van der Waals surface area contributed by atoms with Gasteiger partial charge in [0.05, 0.1) is 12.0 Å². The molecule has 0 amide bonds. The number of aryl methyl sites for hydroxylation is 1. The molecule has 0 aliphatic carbocycles. The average molecular weight is 598 g/mol. The number of nitrogens with zero attached hydrogens (tertiary/aromatic N) is 6. The Morgan fingerprint density at radius 2 is 1.79 bits per heavy atom. The normalized spacial score (nSPS) is 11.8. The molecule has 42 heavy (non-hydrogen) atoms. The Kier molecular flexibility index (Phi) is 10.8. The summed E-state index contributed by atoms with van der Waals surface area (Å²) in [5.74, 6) is 1.58. The highest BCUT2D eigenvalue weighted by atomic mass is 32.2. The van der Waals surface area contributed by atoms with Gasteiger partial charge in [-0.1, -0.05) is 55.5 Å². The van der Waals surface area contributed by atoms with Crippen molar-refractivity contribution in [2.24, 2.45) is 0 Å². The van der Waals surface area contributed by atoms with Crippen LogP contribution in [0.1, 0.15) is 54.8 Å². The van der Waals surface area contributed by atoms with E-state index in [2.05, 4.69) is 25.5 Å². The number of imidazole rings is 1. The first-order valence-electron chi connectivity index (χ1n) is 13.5. The van der Waals surface area contributed by atoms with Gasteiger partial charge in [-0.2, -0.15) is 17.0 Å². The van der Waals surface area contributed by atoms with E-state index in [1.54, 1.807) is 13.8 Å². The molecule has 2 aromatic heterocycles. The van der Waals surface area contributed by atoms with Crippen LogP contribution in [0.5, 0.6) is 0 Å². The number of aliphatic hydroxyl groups is 1. The minimum absolute atomic E-state index is 0.0864. The average Bonchev–Trinajstić information content (AvgIpc) is 3.62. The summed E-state index contributed by atoms with van der Waals surface area (Å²) in [6.45, 7) is 5.81. The summed E-state index contributed by atoms with van der Waals surface area (Å²) >= 11 is 1.43. The number of carbonyl (C=O) groups excluding carboxylic acids is 1. The molecule has 4 N–H and O–H groups in total. The highest BCUT2D eigenvalue weighted by molar-refractivity contribution is 7.99. The topological polar surface area (TPSA) is 172 Å². The molecule has 0 unspecified atom stereocenters. The molecule has 0 saturated heterocycles. The summed E-state index contributed by atoms with van der Waals surface area (Å²) in [6.07, 6.45) is 1.43. The fraction of sp³-hybridized carbons (Fsp3) is 0.393. The first-order valence-corrected chi connectivity index (χ1v) is 14.6. The number of benzene rings is 2. The van der Waals surface area contributed by atoms with Gasteiger partial charge in [-0.05, 0) is 42.2 Å².